The second-order valence-electron chi connectivity index (χ2n) is 9.58. The van der Waals surface area contributed by atoms with Crippen LogP contribution in [0.5, 0.6) is 0 Å². The van der Waals surface area contributed by atoms with E-state index in [1.165, 1.54) is 18.3 Å². The zero-order chi connectivity index (χ0) is 26.2. The van der Waals surface area contributed by atoms with Crippen molar-refractivity contribution in [2.75, 3.05) is 19.7 Å². The standard InChI is InChI=1S/C21H32ClN2O9P/c1-20(2,3)11-16(25)30-13-32-34(29,33-14-31-18(27)21(4,5)6)10-8-7-9-24-12-15(22)17(26)23-19(24)28/h7-8,12H,9-11,13-14H2,1-6H3,(H,23,26,28)/b8-7+. The van der Waals surface area contributed by atoms with Crippen molar-refractivity contribution in [2.45, 2.75) is 54.5 Å². The third-order valence-corrected chi connectivity index (χ3v) is 5.89. The van der Waals surface area contributed by atoms with Crippen LogP contribution < -0.4 is 11.2 Å². The van der Waals surface area contributed by atoms with Gasteiger partial charge >= 0.3 is 25.2 Å². The van der Waals surface area contributed by atoms with Crippen LogP contribution in [0, 0.1) is 10.8 Å². The summed E-state index contributed by atoms with van der Waals surface area (Å²) in [6, 6.07) is 0. The number of nitrogens with one attached hydrogen (secondary N) is 1. The van der Waals surface area contributed by atoms with E-state index in [0.717, 1.165) is 4.57 Å². The average molecular weight is 523 g/mol. The molecule has 0 bridgehead atoms. The lowest BCUT2D eigenvalue weighted by Gasteiger charge is -2.20. The molecule has 0 radical (unpaired) electrons. The van der Waals surface area contributed by atoms with Gasteiger partial charge in [-0.3, -0.25) is 37.5 Å². The SMILES string of the molecule is CC(C)(C)CC(=O)OCOP(=O)(C/C=C/Cn1cc(Cl)c(=O)[nH]c1=O)OCOC(=O)C(C)(C)C. The van der Waals surface area contributed by atoms with Crippen molar-refractivity contribution in [2.24, 2.45) is 10.8 Å². The molecule has 0 aliphatic carbocycles. The van der Waals surface area contributed by atoms with Gasteiger partial charge in [0.2, 0.25) is 13.6 Å². The van der Waals surface area contributed by atoms with Crippen LogP contribution in [0.25, 0.3) is 0 Å². The van der Waals surface area contributed by atoms with E-state index in [1.54, 1.807) is 20.8 Å². The molecule has 1 atom stereocenters. The molecule has 0 aliphatic heterocycles. The van der Waals surface area contributed by atoms with Crippen LogP contribution in [0.2, 0.25) is 5.02 Å². The lowest BCUT2D eigenvalue weighted by atomic mass is 9.93. The quantitative estimate of drug-likeness (QED) is 0.200. The number of carbonyl (C=O) groups excluding carboxylic acids is 2. The molecule has 1 aromatic heterocycles. The summed E-state index contributed by atoms with van der Waals surface area (Å²) in [5, 5.41) is -0.164. The van der Waals surface area contributed by atoms with Crippen molar-refractivity contribution >= 4 is 31.1 Å². The summed E-state index contributed by atoms with van der Waals surface area (Å²) in [4.78, 5) is 48.9. The number of halogens is 1. The fraction of sp³-hybridized carbons (Fsp3) is 0.619. The minimum Gasteiger partial charge on any atom is -0.438 e. The number of aromatic nitrogens is 2. The largest absolute Gasteiger partial charge is 0.438 e. The highest BCUT2D eigenvalue weighted by atomic mass is 35.5. The van der Waals surface area contributed by atoms with Crippen LogP contribution in [0.4, 0.5) is 0 Å². The molecule has 0 spiro atoms. The molecule has 1 rings (SSSR count). The molecular formula is C21H32ClN2O9P. The molecule has 1 aromatic rings. The van der Waals surface area contributed by atoms with E-state index < -0.39 is 49.8 Å². The van der Waals surface area contributed by atoms with Gasteiger partial charge in [0.25, 0.3) is 5.56 Å². The Morgan fingerprint density at radius 3 is 2.21 bits per heavy atom. The van der Waals surface area contributed by atoms with Crippen molar-refractivity contribution in [1.29, 1.82) is 0 Å². The van der Waals surface area contributed by atoms with Gasteiger partial charge in [-0.25, -0.2) is 4.79 Å². The number of H-pyrrole nitrogens is 1. The molecule has 0 saturated carbocycles. The third-order valence-electron chi connectivity index (χ3n) is 3.96. The summed E-state index contributed by atoms with van der Waals surface area (Å²) in [7, 11) is -3.90. The summed E-state index contributed by atoms with van der Waals surface area (Å²) < 4.78 is 34.6. The molecule has 1 heterocycles. The van der Waals surface area contributed by atoms with Gasteiger partial charge < -0.3 is 9.47 Å². The van der Waals surface area contributed by atoms with Crippen molar-refractivity contribution in [3.63, 3.8) is 0 Å². The maximum atomic E-state index is 13.1. The second kappa shape index (κ2) is 12.5. The Morgan fingerprint density at radius 1 is 1.06 bits per heavy atom. The topological polar surface area (TPSA) is 143 Å². The van der Waals surface area contributed by atoms with E-state index in [-0.39, 0.29) is 29.6 Å². The van der Waals surface area contributed by atoms with Crippen molar-refractivity contribution in [1.82, 2.24) is 9.55 Å². The highest BCUT2D eigenvalue weighted by molar-refractivity contribution is 7.54. The zero-order valence-electron chi connectivity index (χ0n) is 20.2. The molecule has 34 heavy (non-hydrogen) atoms. The first-order valence-corrected chi connectivity index (χ1v) is 12.5. The molecule has 0 saturated heterocycles. The fourth-order valence-corrected chi connectivity index (χ4v) is 3.47. The van der Waals surface area contributed by atoms with Gasteiger partial charge in [-0.2, -0.15) is 0 Å². The Labute approximate surface area is 202 Å². The average Bonchev–Trinajstić information content (AvgIpc) is 2.66. The maximum Gasteiger partial charge on any atom is 0.340 e. The fourth-order valence-electron chi connectivity index (χ4n) is 2.19. The van der Waals surface area contributed by atoms with E-state index in [9.17, 15) is 23.7 Å². The van der Waals surface area contributed by atoms with E-state index in [0.29, 0.717) is 0 Å². The summed E-state index contributed by atoms with van der Waals surface area (Å²) in [5.41, 5.74) is -2.47. The minimum atomic E-state index is -3.90. The lowest BCUT2D eigenvalue weighted by Crippen LogP contribution is -2.29. The number of rotatable bonds is 11. The lowest BCUT2D eigenvalue weighted by molar-refractivity contribution is -0.160. The predicted molar refractivity (Wildman–Crippen MR) is 126 cm³/mol. The highest BCUT2D eigenvalue weighted by Crippen LogP contribution is 2.48. The zero-order valence-corrected chi connectivity index (χ0v) is 21.9. The summed E-state index contributed by atoms with van der Waals surface area (Å²) in [5.74, 6) is -1.11. The van der Waals surface area contributed by atoms with Gasteiger partial charge in [0.1, 0.15) is 5.02 Å². The number of ether oxygens (including phenoxy) is 2. The molecule has 1 N–H and O–H groups in total. The van der Waals surface area contributed by atoms with Crippen LogP contribution in [0.15, 0.2) is 27.9 Å². The van der Waals surface area contributed by atoms with E-state index in [1.807, 2.05) is 20.8 Å². The molecule has 1 unspecified atom stereocenters. The summed E-state index contributed by atoms with van der Waals surface area (Å²) in [6.45, 7) is 9.27. The van der Waals surface area contributed by atoms with Gasteiger partial charge in [0, 0.05) is 12.7 Å². The number of esters is 2. The van der Waals surface area contributed by atoms with Gasteiger partial charge in [-0.1, -0.05) is 44.5 Å². The Hall–Kier alpha value is -2.20. The van der Waals surface area contributed by atoms with E-state index in [2.05, 4.69) is 4.98 Å². The Bertz CT molecular complexity index is 1050. The Balaban J connectivity index is 2.80. The second-order valence-corrected chi connectivity index (χ2v) is 12.1. The summed E-state index contributed by atoms with van der Waals surface area (Å²) in [6.07, 6.45) is 3.90. The first kappa shape index (κ1) is 29.8. The molecule has 0 aromatic carbocycles. The first-order valence-electron chi connectivity index (χ1n) is 10.4. The molecule has 13 heteroatoms. The van der Waals surface area contributed by atoms with E-state index >= 15 is 0 Å². The number of hydrogen-bond donors (Lipinski definition) is 1. The molecule has 0 aliphatic rings. The third kappa shape index (κ3) is 11.3. The number of nitrogens with zero attached hydrogens (tertiary/aromatic N) is 1. The van der Waals surface area contributed by atoms with E-state index in [4.69, 9.17) is 30.1 Å². The van der Waals surface area contributed by atoms with Gasteiger partial charge in [0.15, 0.2) is 0 Å². The predicted octanol–water partition coefficient (Wildman–Crippen LogP) is 3.46. The van der Waals surface area contributed by atoms with Crippen LogP contribution in [-0.4, -0.2) is 41.2 Å². The number of hydrogen-bond acceptors (Lipinski definition) is 9. The number of aromatic amines is 1. The first-order chi connectivity index (χ1) is 15.5. The summed E-state index contributed by atoms with van der Waals surface area (Å²) >= 11 is 5.71. The maximum absolute atomic E-state index is 13.1. The molecular weight excluding hydrogens is 491 g/mol. The molecule has 192 valence electrons. The highest BCUT2D eigenvalue weighted by Gasteiger charge is 2.28. The van der Waals surface area contributed by atoms with Crippen LogP contribution in [0.3, 0.4) is 0 Å². The van der Waals surface area contributed by atoms with Gasteiger partial charge in [-0.05, 0) is 26.2 Å². The van der Waals surface area contributed by atoms with Crippen molar-refractivity contribution in [3.05, 3.63) is 44.2 Å². The molecule has 11 nitrogen and oxygen atoms in total. The minimum absolute atomic E-state index is 0.00884. The Kier molecular flexibility index (Phi) is 11.0. The van der Waals surface area contributed by atoms with Crippen molar-refractivity contribution < 1.29 is 32.7 Å². The van der Waals surface area contributed by atoms with Crippen molar-refractivity contribution in [3.8, 4) is 0 Å². The Morgan fingerprint density at radius 2 is 1.65 bits per heavy atom. The van der Waals surface area contributed by atoms with Crippen LogP contribution in [-0.2, 0) is 39.2 Å². The van der Waals surface area contributed by atoms with Gasteiger partial charge in [-0.15, -0.1) is 0 Å². The number of allylic oxidation sites excluding steroid dienone is 2. The smallest absolute Gasteiger partial charge is 0.340 e. The van der Waals surface area contributed by atoms with Crippen LogP contribution in [0.1, 0.15) is 48.0 Å². The monoisotopic (exact) mass is 522 g/mol. The molecule has 0 amide bonds. The molecule has 0 fully saturated rings. The van der Waals surface area contributed by atoms with Gasteiger partial charge in [0.05, 0.1) is 18.0 Å². The van der Waals surface area contributed by atoms with Crippen LogP contribution >= 0.6 is 19.2 Å². The normalized spacial score (nSPS) is 14.1. The number of carbonyl (C=O) groups is 2.